The van der Waals surface area contributed by atoms with Crippen LogP contribution in [-0.2, 0) is 23.1 Å². The minimum absolute atomic E-state index is 0.0146. The van der Waals surface area contributed by atoms with Gasteiger partial charge in [-0.2, -0.15) is 23.3 Å². The monoisotopic (exact) mass is 567 g/mol. The first kappa shape index (κ1) is 23.2. The molecule has 1 aromatic carbocycles. The van der Waals surface area contributed by atoms with Crippen molar-refractivity contribution in [3.8, 4) is 0 Å². The summed E-state index contributed by atoms with van der Waals surface area (Å²) in [5.41, 5.74) is 1.52. The number of rotatable bonds is 7. The van der Waals surface area contributed by atoms with Crippen LogP contribution >= 0.6 is 22.6 Å². The molecule has 0 atom stereocenters. The Bertz CT molecular complexity index is 1180. The first-order valence-electron chi connectivity index (χ1n) is 8.67. The zero-order chi connectivity index (χ0) is 22.8. The molecule has 0 fully saturated rings. The fourth-order valence-electron chi connectivity index (χ4n) is 2.56. The fraction of sp³-hybridized carbons (Fsp3) is 0.235. The molecule has 0 aliphatic heterocycles. The van der Waals surface area contributed by atoms with Crippen LogP contribution in [0.2, 0.25) is 0 Å². The van der Waals surface area contributed by atoms with Crippen molar-refractivity contribution >= 4 is 50.1 Å². The van der Waals surface area contributed by atoms with E-state index in [1.165, 1.54) is 18.3 Å². The predicted octanol–water partition coefficient (Wildman–Crippen LogP) is 3.15. The molecule has 9 nitrogen and oxygen atoms in total. The second-order valence-electron chi connectivity index (χ2n) is 6.50. The molecule has 0 aliphatic carbocycles. The van der Waals surface area contributed by atoms with Crippen molar-refractivity contribution in [3.05, 3.63) is 51.5 Å². The topological polar surface area (TPSA) is 128 Å². The van der Waals surface area contributed by atoms with Gasteiger partial charge in [0, 0.05) is 18.9 Å². The molecule has 0 unspecified atom stereocenters. The van der Waals surface area contributed by atoms with Crippen LogP contribution in [0, 0.1) is 10.5 Å². The van der Waals surface area contributed by atoms with Crippen LogP contribution in [0.25, 0.3) is 0 Å². The van der Waals surface area contributed by atoms with Crippen LogP contribution in [0.3, 0.4) is 0 Å². The molecule has 166 valence electrons. The summed E-state index contributed by atoms with van der Waals surface area (Å²) in [7, 11) is -3.76. The molecule has 0 aliphatic rings. The van der Waals surface area contributed by atoms with Gasteiger partial charge < -0.3 is 10.6 Å². The van der Waals surface area contributed by atoms with Gasteiger partial charge in [0.2, 0.25) is 16.0 Å². The zero-order valence-corrected chi connectivity index (χ0v) is 19.0. The van der Waals surface area contributed by atoms with E-state index in [4.69, 9.17) is 5.14 Å². The minimum Gasteiger partial charge on any atom is -0.365 e. The van der Waals surface area contributed by atoms with Gasteiger partial charge in [0.1, 0.15) is 12.4 Å². The third-order valence-corrected chi connectivity index (χ3v) is 5.71. The van der Waals surface area contributed by atoms with Gasteiger partial charge in [-0.15, -0.1) is 0 Å². The van der Waals surface area contributed by atoms with Crippen LogP contribution in [-0.4, -0.2) is 34.3 Å². The second kappa shape index (κ2) is 8.96. The summed E-state index contributed by atoms with van der Waals surface area (Å²) in [6.45, 7) is 0.728. The molecule has 3 rings (SSSR count). The molecule has 0 radical (unpaired) electrons. The highest BCUT2D eigenvalue weighted by Crippen LogP contribution is 2.23. The largest absolute Gasteiger partial charge is 0.408 e. The number of halogens is 4. The van der Waals surface area contributed by atoms with Crippen molar-refractivity contribution in [1.82, 2.24) is 19.7 Å². The number of nitrogens with zero attached hydrogens (tertiary/aromatic N) is 4. The lowest BCUT2D eigenvalue weighted by molar-refractivity contribution is -0.142. The van der Waals surface area contributed by atoms with Crippen molar-refractivity contribution in [3.63, 3.8) is 0 Å². The van der Waals surface area contributed by atoms with Gasteiger partial charge >= 0.3 is 6.18 Å². The number of nitrogens with one attached hydrogen (secondary N) is 2. The molecule has 0 bridgehead atoms. The summed E-state index contributed by atoms with van der Waals surface area (Å²) in [5.74, 6) is 0.677. The molecule has 31 heavy (non-hydrogen) atoms. The summed E-state index contributed by atoms with van der Waals surface area (Å²) in [5, 5.41) is 14.9. The van der Waals surface area contributed by atoms with E-state index in [1.807, 2.05) is 22.6 Å². The Labute approximate surface area is 189 Å². The molecule has 4 N–H and O–H groups in total. The van der Waals surface area contributed by atoms with Crippen molar-refractivity contribution in [2.75, 3.05) is 10.6 Å². The second-order valence-corrected chi connectivity index (χ2v) is 9.22. The molecule has 3 aromatic rings. The SMILES string of the molecule is Cc1nn(CC(F)(F)F)cc1Nc1ncc(I)c(NCc2ccc(S(N)(=O)=O)cc2)n1. The van der Waals surface area contributed by atoms with Crippen molar-refractivity contribution in [1.29, 1.82) is 0 Å². The van der Waals surface area contributed by atoms with E-state index in [9.17, 15) is 21.6 Å². The Morgan fingerprint density at radius 1 is 1.23 bits per heavy atom. The number of alkyl halides is 3. The molecule has 2 aromatic heterocycles. The minimum atomic E-state index is -4.38. The van der Waals surface area contributed by atoms with Gasteiger partial charge in [0.15, 0.2) is 0 Å². The van der Waals surface area contributed by atoms with Crippen LogP contribution < -0.4 is 15.8 Å². The predicted molar refractivity (Wildman–Crippen MR) is 116 cm³/mol. The Morgan fingerprint density at radius 2 is 1.90 bits per heavy atom. The van der Waals surface area contributed by atoms with E-state index in [2.05, 4.69) is 25.7 Å². The molecule has 0 saturated carbocycles. The van der Waals surface area contributed by atoms with Crippen molar-refractivity contribution < 1.29 is 21.6 Å². The molecule has 14 heteroatoms. The quantitative estimate of drug-likeness (QED) is 0.375. The van der Waals surface area contributed by atoms with Crippen molar-refractivity contribution in [2.45, 2.75) is 31.1 Å². The van der Waals surface area contributed by atoms with E-state index in [1.54, 1.807) is 25.3 Å². The normalized spacial score (nSPS) is 12.1. The lowest BCUT2D eigenvalue weighted by Crippen LogP contribution is -2.17. The maximum atomic E-state index is 12.6. The summed E-state index contributed by atoms with van der Waals surface area (Å²) >= 11 is 2.04. The highest BCUT2D eigenvalue weighted by molar-refractivity contribution is 14.1. The molecule has 0 spiro atoms. The Morgan fingerprint density at radius 3 is 2.52 bits per heavy atom. The highest BCUT2D eigenvalue weighted by Gasteiger charge is 2.28. The van der Waals surface area contributed by atoms with Gasteiger partial charge in [0.05, 0.1) is 19.8 Å². The number of hydrogen-bond donors (Lipinski definition) is 3. The Balaban J connectivity index is 1.71. The molecule has 2 heterocycles. The number of sulfonamides is 1. The number of aromatic nitrogens is 4. The van der Waals surface area contributed by atoms with E-state index < -0.39 is 22.7 Å². The third-order valence-electron chi connectivity index (χ3n) is 3.99. The van der Waals surface area contributed by atoms with Crippen LogP contribution in [0.1, 0.15) is 11.3 Å². The van der Waals surface area contributed by atoms with Gasteiger partial charge in [-0.3, -0.25) is 4.68 Å². The lowest BCUT2D eigenvalue weighted by Gasteiger charge is -2.10. The third kappa shape index (κ3) is 6.51. The average Bonchev–Trinajstić information content (AvgIpc) is 2.98. The zero-order valence-electron chi connectivity index (χ0n) is 16.0. The molecule has 0 saturated heterocycles. The van der Waals surface area contributed by atoms with E-state index >= 15 is 0 Å². The summed E-state index contributed by atoms with van der Waals surface area (Å²) in [6.07, 6.45) is -1.58. The maximum Gasteiger partial charge on any atom is 0.408 e. The van der Waals surface area contributed by atoms with Crippen LogP contribution in [0.15, 0.2) is 41.6 Å². The highest BCUT2D eigenvalue weighted by atomic mass is 127. The molecular weight excluding hydrogens is 550 g/mol. The Hall–Kier alpha value is -2.46. The fourth-order valence-corrected chi connectivity index (χ4v) is 3.53. The first-order chi connectivity index (χ1) is 14.4. The standard InChI is InChI=1S/C17H17F3IN7O2S/c1-10-14(8-28(27-10)9-17(18,19)20)25-16-24-7-13(21)15(26-16)23-6-11-2-4-12(5-3-11)31(22,29)30/h2-5,7-8H,6,9H2,1H3,(H2,22,29,30)(H2,23,24,25,26). The van der Waals surface area contributed by atoms with Gasteiger partial charge in [-0.1, -0.05) is 12.1 Å². The first-order valence-corrected chi connectivity index (χ1v) is 11.3. The number of benzene rings is 1. The number of aryl methyl sites for hydroxylation is 1. The van der Waals surface area contributed by atoms with E-state index in [0.29, 0.717) is 27.3 Å². The summed E-state index contributed by atoms with van der Waals surface area (Å²) in [6, 6.07) is 6.06. The van der Waals surface area contributed by atoms with Crippen LogP contribution in [0.4, 0.5) is 30.6 Å². The van der Waals surface area contributed by atoms with E-state index in [-0.39, 0.29) is 10.8 Å². The van der Waals surface area contributed by atoms with E-state index in [0.717, 1.165) is 10.2 Å². The van der Waals surface area contributed by atoms with Gasteiger partial charge in [0.25, 0.3) is 0 Å². The average molecular weight is 567 g/mol. The van der Waals surface area contributed by atoms with Crippen molar-refractivity contribution in [2.24, 2.45) is 5.14 Å². The molecular formula is C17H17F3IN7O2S. The number of hydrogen-bond acceptors (Lipinski definition) is 7. The molecule has 0 amide bonds. The van der Waals surface area contributed by atoms with Gasteiger partial charge in [-0.25, -0.2) is 18.5 Å². The smallest absolute Gasteiger partial charge is 0.365 e. The Kier molecular flexibility index (Phi) is 6.70. The number of anilines is 3. The lowest BCUT2D eigenvalue weighted by atomic mass is 10.2. The summed E-state index contributed by atoms with van der Waals surface area (Å²) < 4.78 is 61.8. The van der Waals surface area contributed by atoms with Crippen LogP contribution in [0.5, 0.6) is 0 Å². The summed E-state index contributed by atoms with van der Waals surface area (Å²) in [4.78, 5) is 8.51. The maximum absolute atomic E-state index is 12.6. The number of nitrogens with two attached hydrogens (primary N) is 1. The number of primary sulfonamides is 1. The van der Waals surface area contributed by atoms with Gasteiger partial charge in [-0.05, 0) is 47.2 Å².